The topological polar surface area (TPSA) is 47.6 Å². The second kappa shape index (κ2) is 8.50. The van der Waals surface area contributed by atoms with Crippen molar-refractivity contribution in [3.63, 3.8) is 0 Å². The lowest BCUT2D eigenvalue weighted by molar-refractivity contribution is -0.115. The van der Waals surface area contributed by atoms with E-state index in [9.17, 15) is 4.79 Å². The first-order valence-electron chi connectivity index (χ1n) is 6.12. The largest absolute Gasteiger partial charge is 0.493 e. The van der Waals surface area contributed by atoms with E-state index >= 15 is 0 Å². The number of carbonyl (C=O) groups is 1. The second-order valence-electron chi connectivity index (χ2n) is 3.82. The number of carbonyl (C=O) groups excluding carboxylic acids is 1. The number of hydrogen-bond acceptors (Lipinski definition) is 3. The summed E-state index contributed by atoms with van der Waals surface area (Å²) in [6.45, 7) is 2.17. The summed E-state index contributed by atoms with van der Waals surface area (Å²) in [6, 6.07) is 5.66. The molecular formula is C16H17NO3. The summed E-state index contributed by atoms with van der Waals surface area (Å²) in [5.74, 6) is 11.0. The van der Waals surface area contributed by atoms with Crippen molar-refractivity contribution >= 4 is 5.91 Å². The first-order chi connectivity index (χ1) is 9.71. The summed E-state index contributed by atoms with van der Waals surface area (Å²) in [5.41, 5.74) is 1.05. The van der Waals surface area contributed by atoms with Gasteiger partial charge in [0.15, 0.2) is 11.5 Å². The zero-order chi connectivity index (χ0) is 14.8. The van der Waals surface area contributed by atoms with Crippen LogP contribution >= 0.6 is 0 Å². The third-order valence-corrected chi connectivity index (χ3v) is 2.51. The third kappa shape index (κ3) is 4.96. The molecule has 0 radical (unpaired) electrons. The highest BCUT2D eigenvalue weighted by Crippen LogP contribution is 2.27. The maximum absolute atomic E-state index is 11.3. The van der Waals surface area contributed by atoms with Crippen LogP contribution in [-0.2, 0) is 11.2 Å². The molecule has 4 nitrogen and oxygen atoms in total. The van der Waals surface area contributed by atoms with Crippen LogP contribution in [-0.4, -0.2) is 26.7 Å². The number of benzene rings is 1. The lowest BCUT2D eigenvalue weighted by Gasteiger charge is -2.09. The number of amides is 1. The standard InChI is InChI=1S/C16H17NO3/c1-4-5-6-7-16(18)17-11-10-13-8-9-14(19-2)15(12-13)20-3/h8-9,12H,10-11H2,1-3H3,(H,17,18). The zero-order valence-corrected chi connectivity index (χ0v) is 11.9. The Bertz CT molecular complexity index is 585. The van der Waals surface area contributed by atoms with E-state index in [2.05, 4.69) is 29.0 Å². The van der Waals surface area contributed by atoms with Crippen molar-refractivity contribution in [2.45, 2.75) is 13.3 Å². The van der Waals surface area contributed by atoms with Gasteiger partial charge in [-0.25, -0.2) is 0 Å². The van der Waals surface area contributed by atoms with Crippen molar-refractivity contribution < 1.29 is 14.3 Å². The normalized spacial score (nSPS) is 8.55. The Morgan fingerprint density at radius 3 is 2.60 bits per heavy atom. The van der Waals surface area contributed by atoms with Gasteiger partial charge in [-0.15, -0.1) is 0 Å². The van der Waals surface area contributed by atoms with Gasteiger partial charge in [0.25, 0.3) is 5.91 Å². The van der Waals surface area contributed by atoms with E-state index in [0.29, 0.717) is 24.5 Å². The summed E-state index contributed by atoms with van der Waals surface area (Å²) in [5, 5.41) is 2.70. The van der Waals surface area contributed by atoms with Crippen LogP contribution in [0.4, 0.5) is 0 Å². The van der Waals surface area contributed by atoms with Gasteiger partial charge in [0, 0.05) is 12.5 Å². The summed E-state index contributed by atoms with van der Waals surface area (Å²) >= 11 is 0. The molecule has 4 heteroatoms. The van der Waals surface area contributed by atoms with Crippen molar-refractivity contribution in [2.75, 3.05) is 20.8 Å². The van der Waals surface area contributed by atoms with Gasteiger partial charge >= 0.3 is 0 Å². The fourth-order valence-electron chi connectivity index (χ4n) is 1.55. The average molecular weight is 271 g/mol. The zero-order valence-electron chi connectivity index (χ0n) is 11.9. The van der Waals surface area contributed by atoms with Crippen molar-refractivity contribution in [3.8, 4) is 35.2 Å². The van der Waals surface area contributed by atoms with Crippen molar-refractivity contribution in [1.82, 2.24) is 5.32 Å². The maximum Gasteiger partial charge on any atom is 0.296 e. The molecular weight excluding hydrogens is 254 g/mol. The molecule has 0 aliphatic carbocycles. The highest BCUT2D eigenvalue weighted by atomic mass is 16.5. The third-order valence-electron chi connectivity index (χ3n) is 2.51. The number of ether oxygens (including phenoxy) is 2. The van der Waals surface area contributed by atoms with E-state index in [1.807, 2.05) is 18.2 Å². The molecule has 0 heterocycles. The summed E-state index contributed by atoms with van der Waals surface area (Å²) in [4.78, 5) is 11.3. The SMILES string of the molecule is CC#CC#CC(=O)NCCc1ccc(OC)c(OC)c1. The molecule has 0 atom stereocenters. The van der Waals surface area contributed by atoms with Gasteiger partial charge in [0.1, 0.15) is 0 Å². The first kappa shape index (κ1) is 15.5. The molecule has 1 rings (SSSR count). The molecule has 0 aliphatic rings. The Kier molecular flexibility index (Phi) is 6.57. The van der Waals surface area contributed by atoms with E-state index in [-0.39, 0.29) is 5.91 Å². The van der Waals surface area contributed by atoms with Crippen LogP contribution in [0, 0.1) is 23.7 Å². The smallest absolute Gasteiger partial charge is 0.296 e. The molecule has 0 saturated heterocycles. The predicted octanol–water partition coefficient (Wildman–Crippen LogP) is 1.39. The molecule has 0 saturated carbocycles. The van der Waals surface area contributed by atoms with Crippen LogP contribution in [0.2, 0.25) is 0 Å². The number of hydrogen-bond donors (Lipinski definition) is 1. The summed E-state index contributed by atoms with van der Waals surface area (Å²) < 4.78 is 10.4. The molecule has 0 bridgehead atoms. The van der Waals surface area contributed by atoms with E-state index in [1.54, 1.807) is 21.1 Å². The van der Waals surface area contributed by atoms with Crippen LogP contribution in [0.1, 0.15) is 12.5 Å². The highest BCUT2D eigenvalue weighted by Gasteiger charge is 2.04. The fourth-order valence-corrected chi connectivity index (χ4v) is 1.55. The van der Waals surface area contributed by atoms with Gasteiger partial charge in [-0.3, -0.25) is 4.79 Å². The van der Waals surface area contributed by atoms with Crippen LogP contribution in [0.5, 0.6) is 11.5 Å². The van der Waals surface area contributed by atoms with Gasteiger partial charge in [-0.1, -0.05) is 12.0 Å². The van der Waals surface area contributed by atoms with Crippen LogP contribution in [0.3, 0.4) is 0 Å². The number of methoxy groups -OCH3 is 2. The Hall–Kier alpha value is -2.59. The Morgan fingerprint density at radius 1 is 1.20 bits per heavy atom. The second-order valence-corrected chi connectivity index (χ2v) is 3.82. The molecule has 1 N–H and O–H groups in total. The molecule has 104 valence electrons. The average Bonchev–Trinajstić information content (AvgIpc) is 2.47. The highest BCUT2D eigenvalue weighted by molar-refractivity contribution is 5.93. The number of nitrogens with one attached hydrogen (secondary N) is 1. The van der Waals surface area contributed by atoms with Gasteiger partial charge < -0.3 is 14.8 Å². The summed E-state index contributed by atoms with van der Waals surface area (Å²) in [7, 11) is 3.18. The van der Waals surface area contributed by atoms with Crippen molar-refractivity contribution in [1.29, 1.82) is 0 Å². The van der Waals surface area contributed by atoms with E-state index < -0.39 is 0 Å². The van der Waals surface area contributed by atoms with Crippen LogP contribution < -0.4 is 14.8 Å². The Morgan fingerprint density at radius 2 is 1.95 bits per heavy atom. The van der Waals surface area contributed by atoms with Crippen molar-refractivity contribution in [3.05, 3.63) is 23.8 Å². The molecule has 20 heavy (non-hydrogen) atoms. The lowest BCUT2D eigenvalue weighted by atomic mass is 10.1. The Balaban J connectivity index is 2.52. The molecule has 0 unspecified atom stereocenters. The molecule has 1 amide bonds. The number of rotatable bonds is 5. The molecule has 0 spiro atoms. The monoisotopic (exact) mass is 271 g/mol. The quantitative estimate of drug-likeness (QED) is 0.823. The summed E-state index contributed by atoms with van der Waals surface area (Å²) in [6.07, 6.45) is 0.688. The van der Waals surface area contributed by atoms with Gasteiger partial charge in [0.2, 0.25) is 0 Å². The van der Waals surface area contributed by atoms with Gasteiger partial charge in [-0.2, -0.15) is 0 Å². The van der Waals surface area contributed by atoms with Gasteiger partial charge in [-0.05, 0) is 42.9 Å². The lowest BCUT2D eigenvalue weighted by Crippen LogP contribution is -2.23. The first-order valence-corrected chi connectivity index (χ1v) is 6.12. The molecule has 1 aromatic carbocycles. The minimum Gasteiger partial charge on any atom is -0.493 e. The van der Waals surface area contributed by atoms with Gasteiger partial charge in [0.05, 0.1) is 14.2 Å². The fraction of sp³-hybridized carbons (Fsp3) is 0.312. The van der Waals surface area contributed by atoms with Crippen LogP contribution in [0.25, 0.3) is 0 Å². The van der Waals surface area contributed by atoms with Crippen molar-refractivity contribution in [2.24, 2.45) is 0 Å². The molecule has 0 aliphatic heterocycles. The molecule has 0 aromatic heterocycles. The minimum atomic E-state index is -0.326. The van der Waals surface area contributed by atoms with E-state index in [0.717, 1.165) is 5.56 Å². The molecule has 1 aromatic rings. The Labute approximate surface area is 119 Å². The van der Waals surface area contributed by atoms with Crippen LogP contribution in [0.15, 0.2) is 18.2 Å². The van der Waals surface area contributed by atoms with E-state index in [4.69, 9.17) is 9.47 Å². The predicted molar refractivity (Wildman–Crippen MR) is 77.5 cm³/mol. The maximum atomic E-state index is 11.3. The van der Waals surface area contributed by atoms with E-state index in [1.165, 1.54) is 0 Å². The minimum absolute atomic E-state index is 0.326. The molecule has 0 fully saturated rings.